The van der Waals surface area contributed by atoms with Crippen molar-refractivity contribution in [3.63, 3.8) is 0 Å². The minimum absolute atomic E-state index is 0.117. The molecule has 0 radical (unpaired) electrons. The summed E-state index contributed by atoms with van der Waals surface area (Å²) in [7, 11) is 0. The summed E-state index contributed by atoms with van der Waals surface area (Å²) in [5.74, 6) is -0.497. The van der Waals surface area contributed by atoms with Gasteiger partial charge in [0, 0.05) is 18.1 Å². The third-order valence-electron chi connectivity index (χ3n) is 4.23. The summed E-state index contributed by atoms with van der Waals surface area (Å²) in [5.41, 5.74) is 1.98. The van der Waals surface area contributed by atoms with Crippen LogP contribution in [0, 0.1) is 5.82 Å². The van der Waals surface area contributed by atoms with Crippen molar-refractivity contribution in [2.45, 2.75) is 25.9 Å². The second kappa shape index (κ2) is 8.40. The SMILES string of the molecule is CC(NC(=O)CCn1nc(-c2ccc(F)cc2)ccc1=O)c1ccccc1. The van der Waals surface area contributed by atoms with Gasteiger partial charge in [0.05, 0.1) is 18.3 Å². The van der Waals surface area contributed by atoms with Gasteiger partial charge in [-0.05, 0) is 42.8 Å². The van der Waals surface area contributed by atoms with Gasteiger partial charge in [-0.2, -0.15) is 5.10 Å². The lowest BCUT2D eigenvalue weighted by molar-refractivity contribution is -0.122. The van der Waals surface area contributed by atoms with E-state index in [1.807, 2.05) is 37.3 Å². The Morgan fingerprint density at radius 1 is 1.07 bits per heavy atom. The molecule has 0 spiro atoms. The molecule has 1 atom stereocenters. The number of hydrogen-bond acceptors (Lipinski definition) is 3. The second-order valence-electron chi connectivity index (χ2n) is 6.24. The number of rotatable bonds is 6. The number of hydrogen-bond donors (Lipinski definition) is 1. The van der Waals surface area contributed by atoms with Crippen LogP contribution in [0.3, 0.4) is 0 Å². The Bertz CT molecular complexity index is 969. The van der Waals surface area contributed by atoms with Gasteiger partial charge in [-0.25, -0.2) is 9.07 Å². The molecule has 3 rings (SSSR count). The average molecular weight is 365 g/mol. The van der Waals surface area contributed by atoms with Crippen LogP contribution in [0.5, 0.6) is 0 Å². The molecule has 0 aliphatic carbocycles. The van der Waals surface area contributed by atoms with Crippen molar-refractivity contribution in [1.29, 1.82) is 0 Å². The monoisotopic (exact) mass is 365 g/mol. The molecule has 2 aromatic carbocycles. The predicted molar refractivity (Wildman–Crippen MR) is 102 cm³/mol. The molecule has 1 N–H and O–H groups in total. The van der Waals surface area contributed by atoms with Gasteiger partial charge in [0.1, 0.15) is 5.82 Å². The zero-order valence-electron chi connectivity index (χ0n) is 14.9. The van der Waals surface area contributed by atoms with Crippen LogP contribution in [0.25, 0.3) is 11.3 Å². The van der Waals surface area contributed by atoms with Gasteiger partial charge >= 0.3 is 0 Å². The Balaban J connectivity index is 1.65. The maximum Gasteiger partial charge on any atom is 0.266 e. The van der Waals surface area contributed by atoms with Crippen LogP contribution in [-0.4, -0.2) is 15.7 Å². The van der Waals surface area contributed by atoms with Gasteiger partial charge < -0.3 is 5.32 Å². The van der Waals surface area contributed by atoms with Crippen LogP contribution in [0.1, 0.15) is 24.9 Å². The lowest BCUT2D eigenvalue weighted by Gasteiger charge is -2.14. The van der Waals surface area contributed by atoms with Crippen molar-refractivity contribution >= 4 is 5.91 Å². The molecule has 3 aromatic rings. The van der Waals surface area contributed by atoms with Crippen LogP contribution in [0.2, 0.25) is 0 Å². The minimum atomic E-state index is -0.337. The normalized spacial score (nSPS) is 11.8. The summed E-state index contributed by atoms with van der Waals surface area (Å²) < 4.78 is 14.3. The van der Waals surface area contributed by atoms with E-state index in [1.165, 1.54) is 22.9 Å². The summed E-state index contributed by atoms with van der Waals surface area (Å²) in [4.78, 5) is 24.2. The number of benzene rings is 2. The Kier molecular flexibility index (Phi) is 5.76. The van der Waals surface area contributed by atoms with E-state index in [4.69, 9.17) is 0 Å². The zero-order chi connectivity index (χ0) is 19.2. The lowest BCUT2D eigenvalue weighted by atomic mass is 10.1. The predicted octanol–water partition coefficient (Wildman–Crippen LogP) is 3.32. The smallest absolute Gasteiger partial charge is 0.266 e. The maximum atomic E-state index is 13.1. The first-order valence-corrected chi connectivity index (χ1v) is 8.71. The summed E-state index contributed by atoms with van der Waals surface area (Å²) in [6.07, 6.45) is 0.136. The molecule has 6 heteroatoms. The summed E-state index contributed by atoms with van der Waals surface area (Å²) in [5, 5.41) is 7.20. The third kappa shape index (κ3) is 4.88. The molecular formula is C21H20FN3O2. The highest BCUT2D eigenvalue weighted by Gasteiger charge is 2.10. The van der Waals surface area contributed by atoms with E-state index in [-0.39, 0.29) is 36.3 Å². The quantitative estimate of drug-likeness (QED) is 0.729. The molecule has 27 heavy (non-hydrogen) atoms. The molecule has 1 heterocycles. The first-order valence-electron chi connectivity index (χ1n) is 8.71. The second-order valence-corrected chi connectivity index (χ2v) is 6.24. The number of aromatic nitrogens is 2. The van der Waals surface area contributed by atoms with Crippen LogP contribution in [0.4, 0.5) is 4.39 Å². The van der Waals surface area contributed by atoms with E-state index in [1.54, 1.807) is 18.2 Å². The summed E-state index contributed by atoms with van der Waals surface area (Å²) in [6.45, 7) is 2.08. The van der Waals surface area contributed by atoms with Gasteiger partial charge in [-0.3, -0.25) is 9.59 Å². The largest absolute Gasteiger partial charge is 0.350 e. The number of carbonyl (C=O) groups excluding carboxylic acids is 1. The Morgan fingerprint density at radius 2 is 1.78 bits per heavy atom. The van der Waals surface area contributed by atoms with Crippen LogP contribution >= 0.6 is 0 Å². The Hall–Kier alpha value is -3.28. The van der Waals surface area contributed by atoms with E-state index < -0.39 is 0 Å². The molecule has 0 bridgehead atoms. The maximum absolute atomic E-state index is 13.1. The van der Waals surface area contributed by atoms with E-state index in [0.717, 1.165) is 5.56 Å². The van der Waals surface area contributed by atoms with Crippen LogP contribution in [-0.2, 0) is 11.3 Å². The molecule has 1 aromatic heterocycles. The van der Waals surface area contributed by atoms with Crippen molar-refractivity contribution in [2.24, 2.45) is 0 Å². The summed E-state index contributed by atoms with van der Waals surface area (Å²) in [6, 6.07) is 18.4. The molecule has 5 nitrogen and oxygen atoms in total. The number of aryl methyl sites for hydroxylation is 1. The van der Waals surface area contributed by atoms with Gasteiger partial charge in [-0.15, -0.1) is 0 Å². The molecule has 0 saturated carbocycles. The number of nitrogens with zero attached hydrogens (tertiary/aromatic N) is 2. The molecular weight excluding hydrogens is 345 g/mol. The average Bonchev–Trinajstić information content (AvgIpc) is 2.68. The fraction of sp³-hybridized carbons (Fsp3) is 0.190. The standard InChI is InChI=1S/C21H20FN3O2/c1-15(16-5-3-2-4-6-16)23-20(26)13-14-25-21(27)12-11-19(24-25)17-7-9-18(22)10-8-17/h2-12,15H,13-14H2,1H3,(H,23,26). The van der Waals surface area contributed by atoms with Gasteiger partial charge in [0.25, 0.3) is 5.56 Å². The number of halogens is 1. The Labute approximate surface area is 156 Å². The minimum Gasteiger partial charge on any atom is -0.350 e. The fourth-order valence-electron chi connectivity index (χ4n) is 2.73. The lowest BCUT2D eigenvalue weighted by Crippen LogP contribution is -2.30. The molecule has 0 saturated heterocycles. The fourth-order valence-corrected chi connectivity index (χ4v) is 2.73. The molecule has 0 aliphatic heterocycles. The van der Waals surface area contributed by atoms with Gasteiger partial charge in [0.15, 0.2) is 0 Å². The molecule has 138 valence electrons. The highest BCUT2D eigenvalue weighted by molar-refractivity contribution is 5.76. The third-order valence-corrected chi connectivity index (χ3v) is 4.23. The van der Waals surface area contributed by atoms with E-state index >= 15 is 0 Å². The molecule has 1 amide bonds. The van der Waals surface area contributed by atoms with Crippen LogP contribution < -0.4 is 10.9 Å². The molecule has 0 fully saturated rings. The first-order chi connectivity index (χ1) is 13.0. The van der Waals surface area contributed by atoms with Crippen molar-refractivity contribution < 1.29 is 9.18 Å². The van der Waals surface area contributed by atoms with Crippen LogP contribution in [0.15, 0.2) is 71.5 Å². The highest BCUT2D eigenvalue weighted by Crippen LogP contribution is 2.15. The van der Waals surface area contributed by atoms with Crippen molar-refractivity contribution in [3.8, 4) is 11.3 Å². The van der Waals surface area contributed by atoms with Crippen molar-refractivity contribution in [2.75, 3.05) is 0 Å². The van der Waals surface area contributed by atoms with E-state index in [9.17, 15) is 14.0 Å². The Morgan fingerprint density at radius 3 is 2.48 bits per heavy atom. The summed E-state index contributed by atoms with van der Waals surface area (Å²) >= 11 is 0. The number of nitrogens with one attached hydrogen (secondary N) is 1. The number of amides is 1. The van der Waals surface area contributed by atoms with Gasteiger partial charge in [0.2, 0.25) is 5.91 Å². The molecule has 1 unspecified atom stereocenters. The van der Waals surface area contributed by atoms with Gasteiger partial charge in [-0.1, -0.05) is 30.3 Å². The van der Waals surface area contributed by atoms with Crippen molar-refractivity contribution in [1.82, 2.24) is 15.1 Å². The van der Waals surface area contributed by atoms with E-state index in [0.29, 0.717) is 11.3 Å². The number of carbonyl (C=O) groups is 1. The highest BCUT2D eigenvalue weighted by atomic mass is 19.1. The van der Waals surface area contributed by atoms with Crippen molar-refractivity contribution in [3.05, 3.63) is 88.5 Å². The molecule has 0 aliphatic rings. The van der Waals surface area contributed by atoms with E-state index in [2.05, 4.69) is 10.4 Å². The zero-order valence-corrected chi connectivity index (χ0v) is 14.9. The topological polar surface area (TPSA) is 64.0 Å². The first kappa shape index (κ1) is 18.5.